The van der Waals surface area contributed by atoms with Gasteiger partial charge in [-0.3, -0.25) is 4.68 Å². The molecule has 1 fully saturated rings. The van der Waals surface area contributed by atoms with E-state index in [4.69, 9.17) is 26.7 Å². The van der Waals surface area contributed by atoms with Gasteiger partial charge in [0.1, 0.15) is 11.8 Å². The Bertz CT molecular complexity index is 739. The Balaban J connectivity index is 1.57. The van der Waals surface area contributed by atoms with E-state index in [0.717, 1.165) is 31.4 Å². The summed E-state index contributed by atoms with van der Waals surface area (Å²) in [6.45, 7) is 4.29. The Morgan fingerprint density at radius 2 is 2.00 bits per heavy atom. The highest BCUT2D eigenvalue weighted by atomic mass is 35.5. The summed E-state index contributed by atoms with van der Waals surface area (Å²) in [5.74, 6) is 1.26. The molecule has 3 rings (SSSR count). The second kappa shape index (κ2) is 7.27. The average molecular weight is 344 g/mol. The first-order chi connectivity index (χ1) is 11.6. The molecule has 5 heteroatoms. The van der Waals surface area contributed by atoms with Gasteiger partial charge in [0, 0.05) is 24.2 Å². The smallest absolute Gasteiger partial charge is 0.121 e. The molecule has 0 radical (unpaired) electrons. The molecule has 4 nitrogen and oxygen atoms in total. The number of rotatable bonds is 4. The molecule has 0 bridgehead atoms. The van der Waals surface area contributed by atoms with Crippen LogP contribution in [0.5, 0.6) is 5.75 Å². The summed E-state index contributed by atoms with van der Waals surface area (Å²) in [4.78, 5) is 0. The molecule has 2 aromatic rings. The van der Waals surface area contributed by atoms with Crippen LogP contribution in [0.25, 0.3) is 0 Å². The lowest BCUT2D eigenvalue weighted by atomic mass is 9.85. The Labute approximate surface area is 148 Å². The molecule has 1 saturated carbocycles. The molecule has 24 heavy (non-hydrogen) atoms. The van der Waals surface area contributed by atoms with Crippen LogP contribution in [0.4, 0.5) is 0 Å². The number of benzene rings is 1. The molecule has 0 N–H and O–H groups in total. The lowest BCUT2D eigenvalue weighted by molar-refractivity contribution is 0.145. The van der Waals surface area contributed by atoms with Crippen LogP contribution in [0.15, 0.2) is 30.5 Å². The fraction of sp³-hybridized carbons (Fsp3) is 0.474. The number of nitrogens with zero attached hydrogens (tertiary/aromatic N) is 3. The van der Waals surface area contributed by atoms with E-state index in [1.165, 1.54) is 5.69 Å². The third-order valence-corrected chi connectivity index (χ3v) is 4.93. The highest BCUT2D eigenvalue weighted by molar-refractivity contribution is 6.31. The average Bonchev–Trinajstić information content (AvgIpc) is 3.06. The Morgan fingerprint density at radius 1 is 1.25 bits per heavy atom. The van der Waals surface area contributed by atoms with Gasteiger partial charge in [-0.05, 0) is 57.7 Å². The summed E-state index contributed by atoms with van der Waals surface area (Å²) < 4.78 is 8.07. The van der Waals surface area contributed by atoms with E-state index in [1.807, 2.05) is 10.7 Å². The minimum atomic E-state index is 0.206. The van der Waals surface area contributed by atoms with Crippen LogP contribution >= 0.6 is 11.6 Å². The van der Waals surface area contributed by atoms with Crippen LogP contribution in [0.3, 0.4) is 0 Å². The predicted octanol–water partition coefficient (Wildman–Crippen LogP) is 5.09. The van der Waals surface area contributed by atoms with Crippen molar-refractivity contribution in [3.05, 3.63) is 46.7 Å². The summed E-state index contributed by atoms with van der Waals surface area (Å²) >= 11 is 6.07. The predicted molar refractivity (Wildman–Crippen MR) is 94.4 cm³/mol. The maximum Gasteiger partial charge on any atom is 0.121 e. The molecule has 1 aromatic carbocycles. The molecule has 0 atom stereocenters. The molecule has 0 amide bonds. The van der Waals surface area contributed by atoms with Crippen LogP contribution in [0.1, 0.15) is 62.7 Å². The second-order valence-corrected chi connectivity index (χ2v) is 7.07. The lowest BCUT2D eigenvalue weighted by Crippen LogP contribution is -2.23. The SMILES string of the molecule is CC(C)n1ccc(C2CCC(Oc3ccc(C#N)c(Cl)c3)CC2)n1. The van der Waals surface area contributed by atoms with Crippen LogP contribution in [0.2, 0.25) is 5.02 Å². The van der Waals surface area contributed by atoms with E-state index in [-0.39, 0.29) is 6.10 Å². The van der Waals surface area contributed by atoms with Gasteiger partial charge in [-0.15, -0.1) is 0 Å². The maximum absolute atomic E-state index is 8.92. The third-order valence-electron chi connectivity index (χ3n) is 4.61. The molecule has 0 aliphatic heterocycles. The highest BCUT2D eigenvalue weighted by Crippen LogP contribution is 2.34. The highest BCUT2D eigenvalue weighted by Gasteiger charge is 2.25. The maximum atomic E-state index is 8.92. The molecule has 1 aromatic heterocycles. The first-order valence-corrected chi connectivity index (χ1v) is 8.86. The number of hydrogen-bond acceptors (Lipinski definition) is 3. The quantitative estimate of drug-likeness (QED) is 0.776. The Morgan fingerprint density at radius 3 is 2.58 bits per heavy atom. The lowest BCUT2D eigenvalue weighted by Gasteiger charge is -2.28. The van der Waals surface area contributed by atoms with Gasteiger partial charge in [-0.25, -0.2) is 0 Å². The number of halogens is 1. The van der Waals surface area contributed by atoms with Crippen molar-refractivity contribution in [3.8, 4) is 11.8 Å². The van der Waals surface area contributed by atoms with E-state index < -0.39 is 0 Å². The third kappa shape index (κ3) is 3.73. The summed E-state index contributed by atoms with van der Waals surface area (Å²) in [6.07, 6.45) is 6.47. The van der Waals surface area contributed by atoms with Gasteiger partial charge < -0.3 is 4.74 Å². The van der Waals surface area contributed by atoms with Gasteiger partial charge in [0.2, 0.25) is 0 Å². The van der Waals surface area contributed by atoms with Gasteiger partial charge in [0.25, 0.3) is 0 Å². The van der Waals surface area contributed by atoms with Gasteiger partial charge in [-0.2, -0.15) is 10.4 Å². The first kappa shape index (κ1) is 16.9. The molecule has 0 spiro atoms. The van der Waals surface area contributed by atoms with Crippen molar-refractivity contribution in [2.75, 3.05) is 0 Å². The fourth-order valence-corrected chi connectivity index (χ4v) is 3.40. The summed E-state index contributed by atoms with van der Waals surface area (Å²) in [6, 6.07) is 9.87. The van der Waals surface area contributed by atoms with Crippen molar-refractivity contribution in [1.29, 1.82) is 5.26 Å². The standard InChI is InChI=1S/C19H22ClN3O/c1-13(2)23-10-9-19(22-23)14-3-6-16(7-4-14)24-17-8-5-15(12-21)18(20)11-17/h5,8-11,13-14,16H,3-4,6-7H2,1-2H3. The molecular weight excluding hydrogens is 322 g/mol. The largest absolute Gasteiger partial charge is 0.490 e. The first-order valence-electron chi connectivity index (χ1n) is 8.48. The van der Waals surface area contributed by atoms with E-state index in [0.29, 0.717) is 22.5 Å². The van der Waals surface area contributed by atoms with Crippen LogP contribution in [-0.4, -0.2) is 15.9 Å². The fourth-order valence-electron chi connectivity index (χ4n) is 3.19. The Kier molecular flexibility index (Phi) is 5.11. The van der Waals surface area contributed by atoms with Crippen molar-refractivity contribution in [1.82, 2.24) is 9.78 Å². The van der Waals surface area contributed by atoms with Crippen molar-refractivity contribution in [2.45, 2.75) is 57.6 Å². The van der Waals surface area contributed by atoms with Gasteiger partial charge in [-0.1, -0.05) is 11.6 Å². The normalized spacial score (nSPS) is 20.8. The molecule has 1 aliphatic carbocycles. The number of nitriles is 1. The topological polar surface area (TPSA) is 50.8 Å². The van der Waals surface area contributed by atoms with E-state index in [9.17, 15) is 0 Å². The minimum Gasteiger partial charge on any atom is -0.490 e. The zero-order valence-electron chi connectivity index (χ0n) is 14.1. The van der Waals surface area contributed by atoms with Crippen molar-refractivity contribution < 1.29 is 4.74 Å². The Hall–Kier alpha value is -1.99. The molecule has 0 unspecified atom stereocenters. The minimum absolute atomic E-state index is 0.206. The van der Waals surface area contributed by atoms with E-state index >= 15 is 0 Å². The molecule has 0 saturated heterocycles. The van der Waals surface area contributed by atoms with Crippen molar-refractivity contribution in [2.24, 2.45) is 0 Å². The number of hydrogen-bond donors (Lipinski definition) is 0. The zero-order valence-corrected chi connectivity index (χ0v) is 14.8. The van der Waals surface area contributed by atoms with Crippen molar-refractivity contribution in [3.63, 3.8) is 0 Å². The summed E-state index contributed by atoms with van der Waals surface area (Å²) in [5, 5.41) is 14.1. The molecule has 1 aliphatic rings. The molecular formula is C19H22ClN3O. The second-order valence-electron chi connectivity index (χ2n) is 6.66. The van der Waals surface area contributed by atoms with E-state index in [1.54, 1.807) is 12.1 Å². The molecule has 1 heterocycles. The number of ether oxygens (including phenoxy) is 1. The monoisotopic (exact) mass is 343 g/mol. The summed E-state index contributed by atoms with van der Waals surface area (Å²) in [5.41, 5.74) is 1.68. The zero-order chi connectivity index (χ0) is 17.1. The van der Waals surface area contributed by atoms with Gasteiger partial charge >= 0.3 is 0 Å². The van der Waals surface area contributed by atoms with Crippen LogP contribution in [0, 0.1) is 11.3 Å². The van der Waals surface area contributed by atoms with Crippen LogP contribution in [-0.2, 0) is 0 Å². The van der Waals surface area contributed by atoms with Gasteiger partial charge in [0.15, 0.2) is 0 Å². The van der Waals surface area contributed by atoms with Gasteiger partial charge in [0.05, 0.1) is 22.4 Å². The van der Waals surface area contributed by atoms with E-state index in [2.05, 4.69) is 32.2 Å². The van der Waals surface area contributed by atoms with Crippen LogP contribution < -0.4 is 4.74 Å². The van der Waals surface area contributed by atoms with Crippen molar-refractivity contribution >= 4 is 11.6 Å². The summed E-state index contributed by atoms with van der Waals surface area (Å²) in [7, 11) is 0. The number of aromatic nitrogens is 2. The molecule has 126 valence electrons.